The lowest BCUT2D eigenvalue weighted by molar-refractivity contribution is -0.117. The molecule has 0 saturated heterocycles. The first-order valence-electron chi connectivity index (χ1n) is 10.3. The van der Waals surface area contributed by atoms with Crippen molar-refractivity contribution in [1.82, 2.24) is 9.88 Å². The van der Waals surface area contributed by atoms with E-state index in [0.717, 1.165) is 33.3 Å². The van der Waals surface area contributed by atoms with E-state index in [4.69, 9.17) is 9.47 Å². The van der Waals surface area contributed by atoms with Crippen molar-refractivity contribution in [3.05, 3.63) is 62.9 Å². The molecule has 3 aromatic rings. The maximum absolute atomic E-state index is 13.2. The van der Waals surface area contributed by atoms with Gasteiger partial charge >= 0.3 is 0 Å². The van der Waals surface area contributed by atoms with Crippen LogP contribution in [0.1, 0.15) is 22.4 Å². The summed E-state index contributed by atoms with van der Waals surface area (Å²) in [5, 5.41) is 3.64. The first-order chi connectivity index (χ1) is 14.9. The summed E-state index contributed by atoms with van der Waals surface area (Å²) in [6, 6.07) is 9.27. The van der Waals surface area contributed by atoms with Crippen LogP contribution in [-0.2, 0) is 17.8 Å². The Bertz CT molecular complexity index is 1220. The summed E-state index contributed by atoms with van der Waals surface area (Å²) >= 11 is 0. The van der Waals surface area contributed by atoms with Crippen LogP contribution in [0.15, 0.2) is 35.1 Å². The molecule has 7 heteroatoms. The third-order valence-corrected chi connectivity index (χ3v) is 5.86. The Morgan fingerprint density at radius 3 is 2.58 bits per heavy atom. The fraction of sp³-hybridized carbons (Fsp3) is 0.333. The van der Waals surface area contributed by atoms with Crippen LogP contribution in [0.2, 0.25) is 0 Å². The number of carbonyl (C=O) groups is 1. The van der Waals surface area contributed by atoms with Crippen molar-refractivity contribution in [3.63, 3.8) is 0 Å². The number of aryl methyl sites for hydroxylation is 2. The van der Waals surface area contributed by atoms with Gasteiger partial charge in [0.2, 0.25) is 5.91 Å². The molecule has 7 nitrogen and oxygen atoms in total. The molecule has 2 heterocycles. The third kappa shape index (κ3) is 4.01. The standard InChI is InChI=1S/C24H27N3O4/c1-14-5-6-15(2)23-22(14)24(29)17-12-27(10-9-18(17)26-23)13-21(28)25-16-7-8-19(30-3)20(11-16)31-4/h5-8,11H,9-10,12-13H2,1-4H3,(H,25,28)(H,26,29). The van der Waals surface area contributed by atoms with Gasteiger partial charge in [-0.3, -0.25) is 14.5 Å². The van der Waals surface area contributed by atoms with Gasteiger partial charge in [0.15, 0.2) is 16.9 Å². The largest absolute Gasteiger partial charge is 0.493 e. The highest BCUT2D eigenvalue weighted by atomic mass is 16.5. The minimum atomic E-state index is -0.139. The third-order valence-electron chi connectivity index (χ3n) is 5.86. The number of nitrogens with one attached hydrogen (secondary N) is 2. The number of carbonyl (C=O) groups excluding carboxylic acids is 1. The van der Waals surface area contributed by atoms with Gasteiger partial charge in [0.1, 0.15) is 0 Å². The number of pyridine rings is 1. The summed E-state index contributed by atoms with van der Waals surface area (Å²) in [5.41, 5.74) is 5.38. The number of aromatic nitrogens is 1. The maximum atomic E-state index is 13.2. The number of anilines is 1. The first-order valence-corrected chi connectivity index (χ1v) is 10.3. The van der Waals surface area contributed by atoms with E-state index < -0.39 is 0 Å². The molecule has 0 aliphatic carbocycles. The molecule has 0 radical (unpaired) electrons. The minimum absolute atomic E-state index is 0.0648. The molecular formula is C24H27N3O4. The van der Waals surface area contributed by atoms with Crippen LogP contribution in [0.5, 0.6) is 11.5 Å². The predicted molar refractivity (Wildman–Crippen MR) is 121 cm³/mol. The lowest BCUT2D eigenvalue weighted by Gasteiger charge is -2.28. The number of hydrogen-bond donors (Lipinski definition) is 2. The van der Waals surface area contributed by atoms with Gasteiger partial charge in [-0.25, -0.2) is 0 Å². The van der Waals surface area contributed by atoms with Gasteiger partial charge in [-0.15, -0.1) is 0 Å². The van der Waals surface area contributed by atoms with E-state index in [9.17, 15) is 9.59 Å². The van der Waals surface area contributed by atoms with Gasteiger partial charge in [-0.2, -0.15) is 0 Å². The second-order valence-corrected chi connectivity index (χ2v) is 7.94. The van der Waals surface area contributed by atoms with E-state index in [1.807, 2.05) is 30.9 Å². The molecule has 0 spiro atoms. The second kappa shape index (κ2) is 8.43. The molecule has 0 fully saturated rings. The number of amides is 1. The molecule has 31 heavy (non-hydrogen) atoms. The van der Waals surface area contributed by atoms with Crippen molar-refractivity contribution < 1.29 is 14.3 Å². The quantitative estimate of drug-likeness (QED) is 0.661. The van der Waals surface area contributed by atoms with Crippen LogP contribution in [-0.4, -0.2) is 43.1 Å². The van der Waals surface area contributed by atoms with Crippen molar-refractivity contribution >= 4 is 22.5 Å². The summed E-state index contributed by atoms with van der Waals surface area (Å²) in [7, 11) is 3.12. The Balaban J connectivity index is 1.52. The molecule has 1 aromatic heterocycles. The normalized spacial score (nSPS) is 13.7. The molecule has 0 saturated carbocycles. The van der Waals surface area contributed by atoms with Crippen molar-refractivity contribution in [2.45, 2.75) is 26.8 Å². The van der Waals surface area contributed by atoms with Crippen molar-refractivity contribution in [1.29, 1.82) is 0 Å². The van der Waals surface area contributed by atoms with Crippen LogP contribution in [0, 0.1) is 13.8 Å². The highest BCUT2D eigenvalue weighted by molar-refractivity contribution is 5.92. The van der Waals surface area contributed by atoms with E-state index >= 15 is 0 Å². The first kappa shape index (κ1) is 20.9. The van der Waals surface area contributed by atoms with Crippen molar-refractivity contribution in [2.75, 3.05) is 32.6 Å². The fourth-order valence-corrected chi connectivity index (χ4v) is 4.18. The highest BCUT2D eigenvalue weighted by Crippen LogP contribution is 2.29. The summed E-state index contributed by atoms with van der Waals surface area (Å²) < 4.78 is 10.5. The zero-order chi connectivity index (χ0) is 22.1. The number of nitrogens with zero attached hydrogens (tertiary/aromatic N) is 1. The number of fused-ring (bicyclic) bond motifs is 2. The molecule has 1 amide bonds. The second-order valence-electron chi connectivity index (χ2n) is 7.94. The number of ether oxygens (including phenoxy) is 2. The summed E-state index contributed by atoms with van der Waals surface area (Å²) in [5.74, 6) is 1.02. The zero-order valence-corrected chi connectivity index (χ0v) is 18.3. The Morgan fingerprint density at radius 2 is 1.84 bits per heavy atom. The van der Waals surface area contributed by atoms with Crippen LogP contribution in [0.4, 0.5) is 5.69 Å². The smallest absolute Gasteiger partial charge is 0.238 e. The molecular weight excluding hydrogens is 394 g/mol. The average Bonchev–Trinajstić information content (AvgIpc) is 2.76. The Labute approximate surface area is 181 Å². The van der Waals surface area contributed by atoms with Crippen LogP contribution >= 0.6 is 0 Å². The van der Waals surface area contributed by atoms with Gasteiger partial charge in [-0.1, -0.05) is 12.1 Å². The number of rotatable bonds is 5. The topological polar surface area (TPSA) is 83.7 Å². The maximum Gasteiger partial charge on any atom is 0.238 e. The molecule has 0 bridgehead atoms. The molecule has 1 aliphatic rings. The van der Waals surface area contributed by atoms with E-state index in [1.165, 1.54) is 0 Å². The van der Waals surface area contributed by atoms with Crippen molar-refractivity contribution in [2.24, 2.45) is 0 Å². The number of aromatic amines is 1. The van der Waals surface area contributed by atoms with E-state index in [-0.39, 0.29) is 17.9 Å². The van der Waals surface area contributed by atoms with Gasteiger partial charge in [-0.05, 0) is 37.1 Å². The summed E-state index contributed by atoms with van der Waals surface area (Å²) in [6.45, 7) is 5.34. The van der Waals surface area contributed by atoms with Gasteiger partial charge in [0.05, 0.1) is 26.3 Å². The van der Waals surface area contributed by atoms with Crippen LogP contribution < -0.4 is 20.2 Å². The van der Waals surface area contributed by atoms with E-state index in [2.05, 4.69) is 10.3 Å². The molecule has 2 N–H and O–H groups in total. The Hall–Kier alpha value is -3.32. The molecule has 162 valence electrons. The molecule has 0 unspecified atom stereocenters. The molecule has 0 atom stereocenters. The SMILES string of the molecule is COc1ccc(NC(=O)CN2CCc3[nH]c4c(C)ccc(C)c4c(=O)c3C2)cc1OC. The molecule has 2 aromatic carbocycles. The fourth-order valence-electron chi connectivity index (χ4n) is 4.18. The zero-order valence-electron chi connectivity index (χ0n) is 18.3. The Kier molecular flexibility index (Phi) is 5.69. The minimum Gasteiger partial charge on any atom is -0.493 e. The van der Waals surface area contributed by atoms with Crippen molar-refractivity contribution in [3.8, 4) is 11.5 Å². The Morgan fingerprint density at radius 1 is 1.10 bits per heavy atom. The lowest BCUT2D eigenvalue weighted by Crippen LogP contribution is -2.39. The van der Waals surface area contributed by atoms with Crippen LogP contribution in [0.25, 0.3) is 10.9 Å². The van der Waals surface area contributed by atoms with Gasteiger partial charge in [0, 0.05) is 47.9 Å². The molecule has 1 aliphatic heterocycles. The predicted octanol–water partition coefficient (Wildman–Crippen LogP) is 3.16. The monoisotopic (exact) mass is 421 g/mol. The molecule has 4 rings (SSSR count). The number of methoxy groups -OCH3 is 2. The lowest BCUT2D eigenvalue weighted by atomic mass is 9.98. The average molecular weight is 421 g/mol. The number of H-pyrrole nitrogens is 1. The van der Waals surface area contributed by atoms with E-state index in [0.29, 0.717) is 36.7 Å². The van der Waals surface area contributed by atoms with Gasteiger partial charge in [0.25, 0.3) is 0 Å². The summed E-state index contributed by atoms with van der Waals surface area (Å²) in [4.78, 5) is 31.3. The summed E-state index contributed by atoms with van der Waals surface area (Å²) in [6.07, 6.45) is 0.706. The number of benzene rings is 2. The highest BCUT2D eigenvalue weighted by Gasteiger charge is 2.23. The number of hydrogen-bond acceptors (Lipinski definition) is 5. The van der Waals surface area contributed by atoms with Crippen LogP contribution in [0.3, 0.4) is 0 Å². The van der Waals surface area contributed by atoms with E-state index in [1.54, 1.807) is 32.4 Å². The van der Waals surface area contributed by atoms with Gasteiger partial charge < -0.3 is 19.8 Å².